The van der Waals surface area contributed by atoms with Crippen molar-refractivity contribution in [1.82, 2.24) is 15.3 Å². The molecule has 3 aromatic rings. The summed E-state index contributed by atoms with van der Waals surface area (Å²) < 4.78 is 5.38. The Morgan fingerprint density at radius 1 is 1.12 bits per heavy atom. The average molecular weight is 350 g/mol. The van der Waals surface area contributed by atoms with Gasteiger partial charge in [0.05, 0.1) is 18.8 Å². The highest BCUT2D eigenvalue weighted by molar-refractivity contribution is 7.80. The van der Waals surface area contributed by atoms with Crippen molar-refractivity contribution in [3.05, 3.63) is 78.4 Å². The molecule has 0 bridgehead atoms. The number of rotatable bonds is 4. The molecule has 1 aromatic carbocycles. The third kappa shape index (κ3) is 2.85. The number of hydrogen-bond donors (Lipinski definition) is 2. The second-order valence-electron chi connectivity index (χ2n) is 5.82. The molecule has 1 fully saturated rings. The number of thiocarbonyl (C=S) groups is 1. The van der Waals surface area contributed by atoms with E-state index in [-0.39, 0.29) is 12.1 Å². The number of methoxy groups -OCH3 is 1. The van der Waals surface area contributed by atoms with E-state index in [0.29, 0.717) is 5.11 Å². The minimum absolute atomic E-state index is 0.0236. The average Bonchev–Trinajstić information content (AvgIpc) is 3.30. The number of H-pyrrole nitrogens is 1. The first kappa shape index (κ1) is 15.7. The third-order valence-electron chi connectivity index (χ3n) is 4.37. The maximum Gasteiger partial charge on any atom is 0.174 e. The molecule has 1 aliphatic heterocycles. The lowest BCUT2D eigenvalue weighted by atomic mass is 10.0. The summed E-state index contributed by atoms with van der Waals surface area (Å²) in [6.45, 7) is 0. The summed E-state index contributed by atoms with van der Waals surface area (Å²) in [7, 11) is 1.67. The zero-order valence-electron chi connectivity index (χ0n) is 13.7. The highest BCUT2D eigenvalue weighted by atomic mass is 32.1. The van der Waals surface area contributed by atoms with E-state index >= 15 is 0 Å². The summed E-state index contributed by atoms with van der Waals surface area (Å²) in [5.41, 5.74) is 3.01. The Bertz CT molecular complexity index is 866. The number of hydrogen-bond acceptors (Lipinski definition) is 3. The van der Waals surface area contributed by atoms with Crippen molar-refractivity contribution in [1.29, 1.82) is 0 Å². The van der Waals surface area contributed by atoms with Crippen LogP contribution < -0.4 is 15.0 Å². The van der Waals surface area contributed by atoms with Crippen LogP contribution in [-0.2, 0) is 0 Å². The molecule has 4 rings (SSSR count). The number of nitrogens with zero attached hydrogens (tertiary/aromatic N) is 2. The first-order valence-electron chi connectivity index (χ1n) is 8.06. The van der Waals surface area contributed by atoms with E-state index in [1.54, 1.807) is 13.3 Å². The molecule has 0 aliphatic carbocycles. The third-order valence-corrected chi connectivity index (χ3v) is 4.68. The van der Waals surface area contributed by atoms with E-state index in [1.807, 2.05) is 54.7 Å². The van der Waals surface area contributed by atoms with E-state index < -0.39 is 0 Å². The van der Waals surface area contributed by atoms with Gasteiger partial charge in [-0.3, -0.25) is 4.98 Å². The fourth-order valence-corrected chi connectivity index (χ4v) is 3.58. The van der Waals surface area contributed by atoms with E-state index in [0.717, 1.165) is 22.8 Å². The molecule has 2 atom stereocenters. The zero-order chi connectivity index (χ0) is 17.2. The van der Waals surface area contributed by atoms with E-state index in [9.17, 15) is 0 Å². The second-order valence-corrected chi connectivity index (χ2v) is 6.21. The van der Waals surface area contributed by atoms with Gasteiger partial charge in [0.15, 0.2) is 5.11 Å². The van der Waals surface area contributed by atoms with Crippen molar-refractivity contribution in [2.24, 2.45) is 0 Å². The molecule has 1 saturated heterocycles. The van der Waals surface area contributed by atoms with Gasteiger partial charge in [-0.1, -0.05) is 12.1 Å². The van der Waals surface area contributed by atoms with Crippen molar-refractivity contribution in [3.8, 4) is 5.75 Å². The standard InChI is InChI=1S/C19H18N4OS/c1-24-14-7-4-6-13(12-14)23-18(16-9-5-11-21-16)17(22-19(23)25)15-8-2-3-10-20-15/h2-12,17-18,21H,1H3,(H,22,25). The lowest BCUT2D eigenvalue weighted by Gasteiger charge is -2.27. The van der Waals surface area contributed by atoms with Crippen molar-refractivity contribution >= 4 is 23.0 Å². The van der Waals surface area contributed by atoms with Gasteiger partial charge in [0.2, 0.25) is 0 Å². The molecule has 3 heterocycles. The fourth-order valence-electron chi connectivity index (χ4n) is 3.24. The van der Waals surface area contributed by atoms with Gasteiger partial charge in [0.1, 0.15) is 11.8 Å². The normalized spacial score (nSPS) is 19.7. The van der Waals surface area contributed by atoms with Crippen LogP contribution in [0.3, 0.4) is 0 Å². The highest BCUT2D eigenvalue weighted by Crippen LogP contribution is 2.41. The maximum atomic E-state index is 5.66. The summed E-state index contributed by atoms with van der Waals surface area (Å²) >= 11 is 5.66. The Hall–Kier alpha value is -2.86. The Balaban J connectivity index is 1.80. The minimum atomic E-state index is -0.0430. The van der Waals surface area contributed by atoms with Gasteiger partial charge >= 0.3 is 0 Å². The number of aromatic nitrogens is 2. The van der Waals surface area contributed by atoms with Gasteiger partial charge in [-0.25, -0.2) is 0 Å². The number of anilines is 1. The monoisotopic (exact) mass is 350 g/mol. The van der Waals surface area contributed by atoms with Gasteiger partial charge in [0.25, 0.3) is 0 Å². The molecule has 1 aliphatic rings. The van der Waals surface area contributed by atoms with Crippen LogP contribution in [-0.4, -0.2) is 22.2 Å². The topological polar surface area (TPSA) is 53.2 Å². The van der Waals surface area contributed by atoms with Gasteiger partial charge in [-0.2, -0.15) is 0 Å². The van der Waals surface area contributed by atoms with Crippen molar-refractivity contribution < 1.29 is 4.74 Å². The predicted molar refractivity (Wildman–Crippen MR) is 102 cm³/mol. The van der Waals surface area contributed by atoms with Crippen LogP contribution in [0.5, 0.6) is 5.75 Å². The minimum Gasteiger partial charge on any atom is -0.497 e. The van der Waals surface area contributed by atoms with Crippen LogP contribution in [0.2, 0.25) is 0 Å². The van der Waals surface area contributed by atoms with E-state index in [2.05, 4.69) is 26.3 Å². The molecule has 25 heavy (non-hydrogen) atoms. The lowest BCUT2D eigenvalue weighted by molar-refractivity contribution is 0.414. The van der Waals surface area contributed by atoms with Crippen LogP contribution in [0.25, 0.3) is 0 Å². The number of pyridine rings is 1. The molecule has 126 valence electrons. The van der Waals surface area contributed by atoms with Crippen LogP contribution in [0.15, 0.2) is 67.0 Å². The molecule has 2 aromatic heterocycles. The summed E-state index contributed by atoms with van der Waals surface area (Å²) in [5, 5.41) is 4.10. The molecule has 5 nitrogen and oxygen atoms in total. The summed E-state index contributed by atoms with van der Waals surface area (Å²) in [5.74, 6) is 0.798. The first-order valence-corrected chi connectivity index (χ1v) is 8.47. The summed E-state index contributed by atoms with van der Waals surface area (Å²) in [4.78, 5) is 9.97. The zero-order valence-corrected chi connectivity index (χ0v) is 14.5. The molecule has 0 radical (unpaired) electrons. The number of ether oxygens (including phenoxy) is 1. The second kappa shape index (κ2) is 6.57. The van der Waals surface area contributed by atoms with E-state index in [4.69, 9.17) is 17.0 Å². The van der Waals surface area contributed by atoms with Crippen LogP contribution in [0.1, 0.15) is 23.5 Å². The van der Waals surface area contributed by atoms with Crippen molar-refractivity contribution in [2.75, 3.05) is 12.0 Å². The molecular weight excluding hydrogens is 332 g/mol. The largest absolute Gasteiger partial charge is 0.497 e. The maximum absolute atomic E-state index is 5.66. The Kier molecular flexibility index (Phi) is 4.11. The van der Waals surface area contributed by atoms with Crippen molar-refractivity contribution in [3.63, 3.8) is 0 Å². The lowest BCUT2D eigenvalue weighted by Crippen LogP contribution is -2.29. The Morgan fingerprint density at radius 2 is 2.04 bits per heavy atom. The smallest absolute Gasteiger partial charge is 0.174 e. The number of nitrogens with one attached hydrogen (secondary N) is 2. The van der Waals surface area contributed by atoms with Crippen LogP contribution >= 0.6 is 12.2 Å². The van der Waals surface area contributed by atoms with Crippen LogP contribution in [0, 0.1) is 0 Å². The summed E-state index contributed by atoms with van der Waals surface area (Å²) in [6, 6.07) is 17.9. The predicted octanol–water partition coefficient (Wildman–Crippen LogP) is 3.60. The van der Waals surface area contributed by atoms with Crippen molar-refractivity contribution in [2.45, 2.75) is 12.1 Å². The van der Waals surface area contributed by atoms with Gasteiger partial charge in [-0.15, -0.1) is 0 Å². The molecule has 6 heteroatoms. The fraction of sp³-hybridized carbons (Fsp3) is 0.158. The number of benzene rings is 1. The van der Waals surface area contributed by atoms with Gasteiger partial charge < -0.3 is 19.9 Å². The molecular formula is C19H18N4OS. The Labute approximate surface area is 151 Å². The molecule has 2 N–H and O–H groups in total. The summed E-state index contributed by atoms with van der Waals surface area (Å²) in [6.07, 6.45) is 3.73. The molecule has 0 saturated carbocycles. The highest BCUT2D eigenvalue weighted by Gasteiger charge is 2.41. The Morgan fingerprint density at radius 3 is 2.76 bits per heavy atom. The SMILES string of the molecule is COc1cccc(N2C(=S)NC(c3ccccn3)C2c2ccc[nH]2)c1. The molecule has 2 unspecified atom stereocenters. The van der Waals surface area contributed by atoms with Gasteiger partial charge in [-0.05, 0) is 48.6 Å². The van der Waals surface area contributed by atoms with E-state index in [1.165, 1.54) is 0 Å². The van der Waals surface area contributed by atoms with Crippen LogP contribution in [0.4, 0.5) is 5.69 Å². The number of aromatic amines is 1. The molecule has 0 amide bonds. The molecule has 0 spiro atoms. The first-order chi connectivity index (χ1) is 12.3. The quantitative estimate of drug-likeness (QED) is 0.704. The van der Waals surface area contributed by atoms with Gasteiger partial charge in [0, 0.05) is 29.8 Å².